The predicted molar refractivity (Wildman–Crippen MR) is 95.2 cm³/mol. The van der Waals surface area contributed by atoms with Gasteiger partial charge in [-0.25, -0.2) is 9.50 Å². The summed E-state index contributed by atoms with van der Waals surface area (Å²) in [5.74, 6) is -0.0856. The maximum Gasteiger partial charge on any atom is 0.254 e. The molecule has 0 saturated carbocycles. The van der Waals surface area contributed by atoms with Gasteiger partial charge >= 0.3 is 0 Å². The zero-order valence-corrected chi connectivity index (χ0v) is 14.3. The summed E-state index contributed by atoms with van der Waals surface area (Å²) in [5.41, 5.74) is 5.30. The average molecular weight is 322 g/mol. The summed E-state index contributed by atoms with van der Waals surface area (Å²) in [7, 11) is 0. The molecule has 2 aromatic heterocycles. The molecule has 124 valence electrons. The molecule has 3 aromatic rings. The lowest BCUT2D eigenvalue weighted by molar-refractivity contribution is 0.0951. The van der Waals surface area contributed by atoms with Gasteiger partial charge in [0.2, 0.25) is 0 Å². The molecule has 1 aromatic carbocycles. The number of fused-ring (bicyclic) bond motifs is 1. The van der Waals surface area contributed by atoms with Crippen LogP contribution in [-0.4, -0.2) is 27.0 Å². The van der Waals surface area contributed by atoms with Gasteiger partial charge in [0.15, 0.2) is 5.65 Å². The molecule has 0 atom stereocenters. The van der Waals surface area contributed by atoms with E-state index in [1.54, 1.807) is 6.20 Å². The van der Waals surface area contributed by atoms with E-state index >= 15 is 0 Å². The van der Waals surface area contributed by atoms with Crippen LogP contribution in [0, 0.1) is 6.92 Å². The molecule has 0 fully saturated rings. The van der Waals surface area contributed by atoms with Crippen LogP contribution in [0.15, 0.2) is 36.5 Å². The minimum absolute atomic E-state index is 0.0856. The van der Waals surface area contributed by atoms with Crippen LogP contribution < -0.4 is 5.32 Å². The number of rotatable bonds is 5. The highest BCUT2D eigenvalue weighted by Gasteiger charge is 2.19. The Kier molecular flexibility index (Phi) is 4.60. The lowest BCUT2D eigenvalue weighted by Gasteiger charge is -2.10. The lowest BCUT2D eigenvalue weighted by Crippen LogP contribution is -2.26. The Balaban J connectivity index is 2.16. The molecule has 3 rings (SSSR count). The number of hydrogen-bond donors (Lipinski definition) is 1. The van der Waals surface area contributed by atoms with Crippen LogP contribution >= 0.6 is 0 Å². The van der Waals surface area contributed by atoms with Crippen LogP contribution in [0.2, 0.25) is 0 Å². The summed E-state index contributed by atoms with van der Waals surface area (Å²) in [4.78, 5) is 17.0. The van der Waals surface area contributed by atoms with Crippen LogP contribution in [0.5, 0.6) is 0 Å². The highest BCUT2D eigenvalue weighted by atomic mass is 16.1. The minimum Gasteiger partial charge on any atom is -0.352 e. The number of nitrogens with one attached hydrogen (secondary N) is 1. The van der Waals surface area contributed by atoms with Crippen molar-refractivity contribution in [3.63, 3.8) is 0 Å². The lowest BCUT2D eigenvalue weighted by atomic mass is 10.1. The first-order valence-electron chi connectivity index (χ1n) is 8.38. The van der Waals surface area contributed by atoms with E-state index in [0.717, 1.165) is 34.6 Å². The Morgan fingerprint density at radius 1 is 1.21 bits per heavy atom. The van der Waals surface area contributed by atoms with E-state index in [-0.39, 0.29) is 5.91 Å². The summed E-state index contributed by atoms with van der Waals surface area (Å²) < 4.78 is 1.82. The van der Waals surface area contributed by atoms with Gasteiger partial charge in [0.05, 0.1) is 17.0 Å². The van der Waals surface area contributed by atoms with E-state index in [2.05, 4.69) is 27.5 Å². The largest absolute Gasteiger partial charge is 0.352 e. The van der Waals surface area contributed by atoms with E-state index in [0.29, 0.717) is 18.5 Å². The second-order valence-corrected chi connectivity index (χ2v) is 5.79. The Labute approximate surface area is 141 Å². The molecule has 1 amide bonds. The Bertz CT molecular complexity index is 868. The van der Waals surface area contributed by atoms with Gasteiger partial charge in [-0.2, -0.15) is 5.10 Å². The highest BCUT2D eigenvalue weighted by molar-refractivity contribution is 5.95. The van der Waals surface area contributed by atoms with E-state index in [9.17, 15) is 4.79 Å². The first-order valence-corrected chi connectivity index (χ1v) is 8.38. The third-order valence-electron chi connectivity index (χ3n) is 4.10. The predicted octanol–water partition coefficient (Wildman–Crippen LogP) is 3.41. The fourth-order valence-corrected chi connectivity index (χ4v) is 2.94. The summed E-state index contributed by atoms with van der Waals surface area (Å²) in [6, 6.07) is 10.1. The SMILES string of the molecule is CCCNC(=O)c1cnc2c(-c3ccccc3)c(C)nn2c1CC. The minimum atomic E-state index is -0.0856. The number of carbonyl (C=O) groups is 1. The summed E-state index contributed by atoms with van der Waals surface area (Å²) in [6.45, 7) is 6.71. The van der Waals surface area contributed by atoms with Gasteiger partial charge in [0.1, 0.15) is 0 Å². The molecular formula is C19H22N4O. The number of benzene rings is 1. The molecule has 24 heavy (non-hydrogen) atoms. The van der Waals surface area contributed by atoms with E-state index in [1.807, 2.05) is 43.5 Å². The van der Waals surface area contributed by atoms with Crippen molar-refractivity contribution >= 4 is 11.6 Å². The molecular weight excluding hydrogens is 300 g/mol. The first kappa shape index (κ1) is 16.2. The number of aromatic nitrogens is 3. The molecule has 0 aliphatic rings. The van der Waals surface area contributed by atoms with Gasteiger partial charge in [0.25, 0.3) is 5.91 Å². The van der Waals surface area contributed by atoms with Crippen molar-refractivity contribution in [2.45, 2.75) is 33.6 Å². The molecule has 0 spiro atoms. The number of aryl methyl sites for hydroxylation is 2. The molecule has 5 nitrogen and oxygen atoms in total. The van der Waals surface area contributed by atoms with Gasteiger partial charge < -0.3 is 5.32 Å². The van der Waals surface area contributed by atoms with Crippen LogP contribution in [0.1, 0.15) is 42.0 Å². The third-order valence-corrected chi connectivity index (χ3v) is 4.10. The van der Waals surface area contributed by atoms with Crippen LogP contribution in [0.25, 0.3) is 16.8 Å². The van der Waals surface area contributed by atoms with Crippen molar-refractivity contribution in [1.82, 2.24) is 19.9 Å². The Morgan fingerprint density at radius 2 is 1.96 bits per heavy atom. The van der Waals surface area contributed by atoms with Gasteiger partial charge in [-0.15, -0.1) is 0 Å². The van der Waals surface area contributed by atoms with Gasteiger partial charge in [-0.1, -0.05) is 44.2 Å². The number of amides is 1. The molecule has 0 bridgehead atoms. The topological polar surface area (TPSA) is 59.3 Å². The van der Waals surface area contributed by atoms with Crippen molar-refractivity contribution in [2.75, 3.05) is 6.54 Å². The van der Waals surface area contributed by atoms with Crippen molar-refractivity contribution in [1.29, 1.82) is 0 Å². The Hall–Kier alpha value is -2.69. The quantitative estimate of drug-likeness (QED) is 0.783. The second-order valence-electron chi connectivity index (χ2n) is 5.79. The summed E-state index contributed by atoms with van der Waals surface area (Å²) in [6.07, 6.45) is 3.29. The molecule has 5 heteroatoms. The molecule has 0 saturated heterocycles. The van der Waals surface area contributed by atoms with Gasteiger partial charge in [0, 0.05) is 18.3 Å². The van der Waals surface area contributed by atoms with Crippen LogP contribution in [0.3, 0.4) is 0 Å². The van der Waals surface area contributed by atoms with Crippen LogP contribution in [-0.2, 0) is 6.42 Å². The number of nitrogens with zero attached hydrogens (tertiary/aromatic N) is 3. The number of carbonyl (C=O) groups excluding carboxylic acids is 1. The van der Waals surface area contributed by atoms with Crippen molar-refractivity contribution in [3.8, 4) is 11.1 Å². The van der Waals surface area contributed by atoms with Gasteiger partial charge in [-0.3, -0.25) is 4.79 Å². The molecule has 1 N–H and O–H groups in total. The molecule has 0 unspecified atom stereocenters. The average Bonchev–Trinajstić information content (AvgIpc) is 2.95. The van der Waals surface area contributed by atoms with E-state index < -0.39 is 0 Å². The normalized spacial score (nSPS) is 11.0. The van der Waals surface area contributed by atoms with Crippen molar-refractivity contribution < 1.29 is 4.79 Å². The fraction of sp³-hybridized carbons (Fsp3) is 0.316. The maximum atomic E-state index is 12.4. The van der Waals surface area contributed by atoms with Crippen LogP contribution in [0.4, 0.5) is 0 Å². The zero-order chi connectivity index (χ0) is 17.1. The van der Waals surface area contributed by atoms with Gasteiger partial charge in [-0.05, 0) is 25.3 Å². The molecule has 0 aliphatic carbocycles. The Morgan fingerprint density at radius 3 is 2.62 bits per heavy atom. The van der Waals surface area contributed by atoms with E-state index in [1.165, 1.54) is 0 Å². The summed E-state index contributed by atoms with van der Waals surface area (Å²) >= 11 is 0. The molecule has 2 heterocycles. The second kappa shape index (κ2) is 6.83. The number of hydrogen-bond acceptors (Lipinski definition) is 3. The maximum absolute atomic E-state index is 12.4. The molecule has 0 radical (unpaired) electrons. The smallest absolute Gasteiger partial charge is 0.254 e. The summed E-state index contributed by atoms with van der Waals surface area (Å²) in [5, 5.41) is 7.58. The monoisotopic (exact) mass is 322 g/mol. The highest BCUT2D eigenvalue weighted by Crippen LogP contribution is 2.28. The fourth-order valence-electron chi connectivity index (χ4n) is 2.94. The standard InChI is InChI=1S/C19H22N4O/c1-4-11-20-19(24)15-12-21-18-17(14-9-7-6-8-10-14)13(3)22-23(18)16(15)5-2/h6-10,12H,4-5,11H2,1-3H3,(H,20,24). The third kappa shape index (κ3) is 2.77. The zero-order valence-electron chi connectivity index (χ0n) is 14.3. The first-order chi connectivity index (χ1) is 11.7. The van der Waals surface area contributed by atoms with Crippen molar-refractivity contribution in [3.05, 3.63) is 53.5 Å². The van der Waals surface area contributed by atoms with E-state index in [4.69, 9.17) is 0 Å². The van der Waals surface area contributed by atoms with Crippen molar-refractivity contribution in [2.24, 2.45) is 0 Å². The molecule has 0 aliphatic heterocycles.